The predicted molar refractivity (Wildman–Crippen MR) is 127 cm³/mol. The van der Waals surface area contributed by atoms with E-state index in [-0.39, 0.29) is 29.7 Å². The molecule has 1 atom stereocenters. The Balaban J connectivity index is 1.30. The van der Waals surface area contributed by atoms with Crippen molar-refractivity contribution in [3.05, 3.63) is 89.2 Å². The van der Waals surface area contributed by atoms with Gasteiger partial charge in [-0.2, -0.15) is 0 Å². The van der Waals surface area contributed by atoms with Crippen LogP contribution < -0.4 is 10.6 Å². The molecule has 2 aliphatic carbocycles. The smallest absolute Gasteiger partial charge is 0.411 e. The van der Waals surface area contributed by atoms with E-state index in [0.717, 1.165) is 28.3 Å². The van der Waals surface area contributed by atoms with Crippen LogP contribution in [0.5, 0.6) is 0 Å². The fourth-order valence-corrected chi connectivity index (χ4v) is 4.61. The van der Waals surface area contributed by atoms with Crippen molar-refractivity contribution >= 4 is 23.7 Å². The van der Waals surface area contributed by atoms with Crippen molar-refractivity contribution in [1.82, 2.24) is 5.32 Å². The minimum Gasteiger partial charge on any atom is -0.480 e. The van der Waals surface area contributed by atoms with Gasteiger partial charge in [0.15, 0.2) is 0 Å². The SMILES string of the molecule is O=C(Nc1c(F)cccc1C(=O)NC(C(=O)O)C1CC1)OCC1c2ccccc2-c2ccccc21. The summed E-state index contributed by atoms with van der Waals surface area (Å²) >= 11 is 0. The van der Waals surface area contributed by atoms with Gasteiger partial charge in [0.2, 0.25) is 0 Å². The molecule has 2 amide bonds. The van der Waals surface area contributed by atoms with Gasteiger partial charge in [0.25, 0.3) is 5.91 Å². The van der Waals surface area contributed by atoms with Gasteiger partial charge in [-0.3, -0.25) is 10.1 Å². The molecule has 0 bridgehead atoms. The van der Waals surface area contributed by atoms with E-state index in [4.69, 9.17) is 4.74 Å². The van der Waals surface area contributed by atoms with Crippen LogP contribution in [0.4, 0.5) is 14.9 Å². The highest BCUT2D eigenvalue weighted by Gasteiger charge is 2.38. The van der Waals surface area contributed by atoms with Gasteiger partial charge in [-0.05, 0) is 53.1 Å². The molecule has 0 aromatic heterocycles. The maximum Gasteiger partial charge on any atom is 0.411 e. The lowest BCUT2D eigenvalue weighted by molar-refractivity contribution is -0.139. The van der Waals surface area contributed by atoms with Crippen LogP contribution in [0.1, 0.15) is 40.2 Å². The monoisotopic (exact) mass is 474 g/mol. The van der Waals surface area contributed by atoms with E-state index >= 15 is 0 Å². The lowest BCUT2D eigenvalue weighted by Gasteiger charge is -2.17. The first kappa shape index (κ1) is 22.6. The summed E-state index contributed by atoms with van der Waals surface area (Å²) in [5.74, 6) is -3.08. The van der Waals surface area contributed by atoms with Crippen LogP contribution in [0.3, 0.4) is 0 Å². The Morgan fingerprint density at radius 2 is 1.57 bits per heavy atom. The highest BCUT2D eigenvalue weighted by atomic mass is 19.1. The molecule has 5 rings (SSSR count). The number of anilines is 1. The minimum absolute atomic E-state index is 0.0264. The highest BCUT2D eigenvalue weighted by molar-refractivity contribution is 6.04. The molecule has 1 saturated carbocycles. The van der Waals surface area contributed by atoms with E-state index < -0.39 is 29.8 Å². The summed E-state index contributed by atoms with van der Waals surface area (Å²) in [5.41, 5.74) is 3.69. The fraction of sp³-hybridized carbons (Fsp3) is 0.222. The van der Waals surface area contributed by atoms with E-state index in [0.29, 0.717) is 12.8 Å². The number of carboxylic acids is 1. The number of benzene rings is 3. The van der Waals surface area contributed by atoms with E-state index in [2.05, 4.69) is 10.6 Å². The zero-order chi connectivity index (χ0) is 24.5. The summed E-state index contributed by atoms with van der Waals surface area (Å²) in [6, 6.07) is 18.4. The van der Waals surface area contributed by atoms with Gasteiger partial charge in [0, 0.05) is 5.92 Å². The highest BCUT2D eigenvalue weighted by Crippen LogP contribution is 2.44. The molecule has 2 aliphatic rings. The Morgan fingerprint density at radius 1 is 0.943 bits per heavy atom. The Hall–Kier alpha value is -4.20. The number of nitrogens with one attached hydrogen (secondary N) is 2. The van der Waals surface area contributed by atoms with Crippen LogP contribution >= 0.6 is 0 Å². The number of hydrogen-bond donors (Lipinski definition) is 3. The molecule has 3 aromatic rings. The third kappa shape index (κ3) is 4.47. The number of amides is 2. The summed E-state index contributed by atoms with van der Waals surface area (Å²) in [6.45, 7) is 0.0264. The molecule has 35 heavy (non-hydrogen) atoms. The number of fused-ring (bicyclic) bond motifs is 3. The van der Waals surface area contributed by atoms with Crippen molar-refractivity contribution in [2.75, 3.05) is 11.9 Å². The number of hydrogen-bond acceptors (Lipinski definition) is 4. The van der Waals surface area contributed by atoms with Crippen molar-refractivity contribution in [3.8, 4) is 11.1 Å². The molecule has 0 radical (unpaired) electrons. The molecule has 0 aliphatic heterocycles. The van der Waals surface area contributed by atoms with Crippen LogP contribution in [0.2, 0.25) is 0 Å². The van der Waals surface area contributed by atoms with Crippen LogP contribution in [-0.4, -0.2) is 35.7 Å². The standard InChI is InChI=1S/C27H23FN2O5/c28-22-11-5-10-20(25(31)29-23(26(32)33)15-12-13-15)24(22)30-27(34)35-14-21-18-8-3-1-6-16(18)17-7-2-4-9-19(17)21/h1-11,15,21,23H,12-14H2,(H,29,31)(H,30,34)(H,32,33). The molecule has 0 saturated heterocycles. The average molecular weight is 474 g/mol. The first-order chi connectivity index (χ1) is 16.9. The zero-order valence-corrected chi connectivity index (χ0v) is 18.7. The number of para-hydroxylation sites is 1. The van der Waals surface area contributed by atoms with Crippen LogP contribution in [0.25, 0.3) is 11.1 Å². The molecule has 3 N–H and O–H groups in total. The summed E-state index contributed by atoms with van der Waals surface area (Å²) in [4.78, 5) is 36.9. The number of carbonyl (C=O) groups is 3. The van der Waals surface area contributed by atoms with E-state index in [1.54, 1.807) is 0 Å². The Labute approximate surface area is 200 Å². The van der Waals surface area contributed by atoms with Gasteiger partial charge in [0.1, 0.15) is 18.5 Å². The Kier molecular flexibility index (Phi) is 5.94. The number of aliphatic carboxylic acids is 1. The molecule has 1 unspecified atom stereocenters. The Morgan fingerprint density at radius 3 is 2.17 bits per heavy atom. The summed E-state index contributed by atoms with van der Waals surface area (Å²) < 4.78 is 20.1. The van der Waals surface area contributed by atoms with Crippen molar-refractivity contribution in [2.45, 2.75) is 24.8 Å². The van der Waals surface area contributed by atoms with Crippen LogP contribution in [-0.2, 0) is 9.53 Å². The molecule has 0 spiro atoms. The zero-order valence-electron chi connectivity index (χ0n) is 18.7. The number of ether oxygens (including phenoxy) is 1. The maximum absolute atomic E-state index is 14.6. The van der Waals surface area contributed by atoms with Gasteiger partial charge in [-0.1, -0.05) is 54.6 Å². The molecule has 178 valence electrons. The largest absolute Gasteiger partial charge is 0.480 e. The molecular weight excluding hydrogens is 451 g/mol. The third-order valence-corrected chi connectivity index (χ3v) is 6.48. The van der Waals surface area contributed by atoms with Crippen LogP contribution in [0, 0.1) is 11.7 Å². The number of carboxylic acid groups (broad SMARTS) is 1. The average Bonchev–Trinajstić information content (AvgIpc) is 3.64. The maximum atomic E-state index is 14.6. The van der Waals surface area contributed by atoms with Crippen molar-refractivity contribution in [3.63, 3.8) is 0 Å². The molecule has 7 nitrogen and oxygen atoms in total. The van der Waals surface area contributed by atoms with Crippen molar-refractivity contribution < 1.29 is 28.6 Å². The van der Waals surface area contributed by atoms with Gasteiger partial charge in [-0.25, -0.2) is 14.0 Å². The summed E-state index contributed by atoms with van der Waals surface area (Å²) in [5, 5.41) is 14.2. The number of carbonyl (C=O) groups excluding carboxylic acids is 2. The van der Waals surface area contributed by atoms with Gasteiger partial charge < -0.3 is 15.2 Å². The second-order valence-corrected chi connectivity index (χ2v) is 8.74. The number of rotatable bonds is 7. The lowest BCUT2D eigenvalue weighted by Crippen LogP contribution is -2.42. The van der Waals surface area contributed by atoms with Crippen LogP contribution in [0.15, 0.2) is 66.7 Å². The molecule has 8 heteroatoms. The second-order valence-electron chi connectivity index (χ2n) is 8.74. The predicted octanol–water partition coefficient (Wildman–Crippen LogP) is 4.78. The van der Waals surface area contributed by atoms with Gasteiger partial charge in [0.05, 0.1) is 11.3 Å². The first-order valence-corrected chi connectivity index (χ1v) is 11.4. The summed E-state index contributed by atoms with van der Waals surface area (Å²) in [6.07, 6.45) is 0.485. The van der Waals surface area contributed by atoms with Gasteiger partial charge in [-0.15, -0.1) is 0 Å². The van der Waals surface area contributed by atoms with E-state index in [1.165, 1.54) is 12.1 Å². The third-order valence-electron chi connectivity index (χ3n) is 6.48. The fourth-order valence-electron chi connectivity index (χ4n) is 4.61. The molecule has 0 heterocycles. The normalized spacial score (nSPS) is 15.0. The van der Waals surface area contributed by atoms with Gasteiger partial charge >= 0.3 is 12.1 Å². The molecular formula is C27H23FN2O5. The van der Waals surface area contributed by atoms with Crippen molar-refractivity contribution in [1.29, 1.82) is 0 Å². The van der Waals surface area contributed by atoms with E-state index in [1.807, 2.05) is 48.5 Å². The first-order valence-electron chi connectivity index (χ1n) is 11.4. The molecule has 1 fully saturated rings. The second kappa shape index (κ2) is 9.21. The van der Waals surface area contributed by atoms with Crippen molar-refractivity contribution in [2.24, 2.45) is 5.92 Å². The topological polar surface area (TPSA) is 105 Å². The quantitative estimate of drug-likeness (QED) is 0.457. The minimum atomic E-state index is -1.15. The number of halogens is 1. The summed E-state index contributed by atoms with van der Waals surface area (Å²) in [7, 11) is 0. The van der Waals surface area contributed by atoms with E-state index in [9.17, 15) is 23.9 Å². The molecule has 3 aromatic carbocycles. The Bertz CT molecular complexity index is 1270. The lowest BCUT2D eigenvalue weighted by atomic mass is 9.98.